The van der Waals surface area contributed by atoms with Gasteiger partial charge in [-0.2, -0.15) is 4.98 Å². The Hall–Kier alpha value is -3.10. The lowest BCUT2D eigenvalue weighted by molar-refractivity contribution is -0.116. The first-order valence-electron chi connectivity index (χ1n) is 9.30. The first-order valence-corrected chi connectivity index (χ1v) is 10.6. The molecule has 1 N–H and O–H groups in total. The number of benzene rings is 2. The molecule has 9 heteroatoms. The maximum absolute atomic E-state index is 12.2. The quantitative estimate of drug-likeness (QED) is 0.392. The van der Waals surface area contributed by atoms with Crippen LogP contribution >= 0.6 is 22.9 Å². The van der Waals surface area contributed by atoms with E-state index < -0.39 is 0 Å². The summed E-state index contributed by atoms with van der Waals surface area (Å²) in [6.07, 6.45) is 0.836. The van der Waals surface area contributed by atoms with Gasteiger partial charge in [-0.15, -0.1) is 16.4 Å². The fraction of sp³-hybridized carbons (Fsp3) is 0.190. The second kappa shape index (κ2) is 9.15. The Morgan fingerprint density at radius 3 is 2.73 bits per heavy atom. The number of nitrogens with one attached hydrogen (secondary N) is 1. The van der Waals surface area contributed by atoms with Gasteiger partial charge in [0.2, 0.25) is 16.8 Å². The number of amides is 1. The lowest BCUT2D eigenvalue weighted by Gasteiger charge is -2.07. The zero-order valence-corrected chi connectivity index (χ0v) is 17.7. The normalized spacial score (nSPS) is 10.9. The Morgan fingerprint density at radius 1 is 1.17 bits per heavy atom. The molecule has 154 valence electrons. The monoisotopic (exact) mass is 442 g/mol. The molecule has 0 aliphatic carbocycles. The lowest BCUT2D eigenvalue weighted by atomic mass is 10.1. The van der Waals surface area contributed by atoms with E-state index in [4.69, 9.17) is 21.1 Å². The van der Waals surface area contributed by atoms with Gasteiger partial charge in [-0.1, -0.05) is 35.9 Å². The molecule has 0 unspecified atom stereocenters. The van der Waals surface area contributed by atoms with Crippen LogP contribution in [0.15, 0.2) is 53.9 Å². The molecule has 30 heavy (non-hydrogen) atoms. The van der Waals surface area contributed by atoms with Crippen LogP contribution in [0.2, 0.25) is 5.02 Å². The Bertz CT molecular complexity index is 1170. The Labute approximate surface area is 182 Å². The van der Waals surface area contributed by atoms with Crippen molar-refractivity contribution in [1.29, 1.82) is 0 Å². The fourth-order valence-corrected chi connectivity index (χ4v) is 3.95. The van der Waals surface area contributed by atoms with Crippen LogP contribution in [0.5, 0.6) is 11.5 Å². The second-order valence-corrected chi connectivity index (χ2v) is 7.63. The number of thiazole rings is 1. The van der Waals surface area contributed by atoms with Crippen molar-refractivity contribution in [2.75, 3.05) is 19.0 Å². The molecule has 0 bridgehead atoms. The van der Waals surface area contributed by atoms with Gasteiger partial charge in [0.25, 0.3) is 0 Å². The van der Waals surface area contributed by atoms with E-state index in [1.165, 1.54) is 11.3 Å². The maximum Gasteiger partial charge on any atom is 0.250 e. The largest absolute Gasteiger partial charge is 0.496 e. The molecule has 7 nitrogen and oxygen atoms in total. The molecular weight excluding hydrogens is 424 g/mol. The topological polar surface area (TPSA) is 77.8 Å². The molecule has 0 atom stereocenters. The number of carbonyl (C=O) groups is 1. The van der Waals surface area contributed by atoms with Crippen LogP contribution in [0.25, 0.3) is 16.2 Å². The third-order valence-electron chi connectivity index (χ3n) is 4.36. The predicted molar refractivity (Wildman–Crippen MR) is 118 cm³/mol. The van der Waals surface area contributed by atoms with Gasteiger partial charge in [0, 0.05) is 17.4 Å². The van der Waals surface area contributed by atoms with E-state index in [2.05, 4.69) is 15.4 Å². The van der Waals surface area contributed by atoms with E-state index in [0.717, 1.165) is 17.0 Å². The predicted octanol–water partition coefficient (Wildman–Crippen LogP) is 4.92. The standard InChI is InChI=1S/C21H19ClN4O3S/c1-28-17-9-4-2-7-14(17)16-13-30-21-24-20(25-26(16)21)23-19(27)11-6-12-29-18-10-5-3-8-15(18)22/h2-5,7-10,13H,6,11-12H2,1H3,(H,23,25,27). The minimum Gasteiger partial charge on any atom is -0.496 e. The molecule has 1 amide bonds. The third-order valence-corrected chi connectivity index (χ3v) is 5.49. The van der Waals surface area contributed by atoms with Gasteiger partial charge in [-0.3, -0.25) is 10.1 Å². The minimum absolute atomic E-state index is 0.171. The number of nitrogens with zero attached hydrogens (tertiary/aromatic N) is 3. The SMILES string of the molecule is COc1ccccc1-c1csc2nc(NC(=O)CCCOc3ccccc3Cl)nn12. The highest BCUT2D eigenvalue weighted by molar-refractivity contribution is 7.15. The van der Waals surface area contributed by atoms with E-state index in [1.54, 1.807) is 23.8 Å². The van der Waals surface area contributed by atoms with E-state index in [9.17, 15) is 4.79 Å². The van der Waals surface area contributed by atoms with E-state index >= 15 is 0 Å². The molecule has 4 aromatic rings. The van der Waals surface area contributed by atoms with Gasteiger partial charge in [0.1, 0.15) is 11.5 Å². The summed E-state index contributed by atoms with van der Waals surface area (Å²) in [6, 6.07) is 14.9. The molecule has 2 heterocycles. The Balaban J connectivity index is 1.37. The first-order chi connectivity index (χ1) is 14.7. The van der Waals surface area contributed by atoms with Crippen LogP contribution in [0.4, 0.5) is 5.95 Å². The van der Waals surface area contributed by atoms with E-state index in [-0.39, 0.29) is 18.3 Å². The van der Waals surface area contributed by atoms with Gasteiger partial charge in [-0.05, 0) is 30.7 Å². The van der Waals surface area contributed by atoms with E-state index in [0.29, 0.717) is 28.8 Å². The number of carbonyl (C=O) groups excluding carboxylic acids is 1. The first kappa shape index (κ1) is 20.2. The number of anilines is 1. The zero-order valence-electron chi connectivity index (χ0n) is 16.2. The Morgan fingerprint density at radius 2 is 1.93 bits per heavy atom. The summed E-state index contributed by atoms with van der Waals surface area (Å²) in [4.78, 5) is 17.3. The number of ether oxygens (including phenoxy) is 2. The Kier molecular flexibility index (Phi) is 6.15. The number of halogens is 1. The number of hydrogen-bond acceptors (Lipinski definition) is 6. The van der Waals surface area contributed by atoms with Crippen LogP contribution in [0, 0.1) is 0 Å². The molecule has 2 aromatic heterocycles. The summed E-state index contributed by atoms with van der Waals surface area (Å²) < 4.78 is 12.7. The summed E-state index contributed by atoms with van der Waals surface area (Å²) in [6.45, 7) is 0.390. The van der Waals surface area contributed by atoms with Crippen LogP contribution in [0.1, 0.15) is 12.8 Å². The third kappa shape index (κ3) is 4.39. The summed E-state index contributed by atoms with van der Waals surface area (Å²) in [5.41, 5.74) is 1.76. The fourth-order valence-electron chi connectivity index (χ4n) is 2.94. The summed E-state index contributed by atoms with van der Waals surface area (Å²) in [5, 5.41) is 9.69. The highest BCUT2D eigenvalue weighted by Gasteiger charge is 2.15. The lowest BCUT2D eigenvalue weighted by Crippen LogP contribution is -2.14. The van der Waals surface area contributed by atoms with Gasteiger partial charge >= 0.3 is 0 Å². The molecule has 4 rings (SSSR count). The van der Waals surface area contributed by atoms with Crippen molar-refractivity contribution in [3.63, 3.8) is 0 Å². The molecule has 0 saturated heterocycles. The highest BCUT2D eigenvalue weighted by Crippen LogP contribution is 2.32. The smallest absolute Gasteiger partial charge is 0.250 e. The molecule has 0 aliphatic heterocycles. The molecule has 0 fully saturated rings. The van der Waals surface area contributed by atoms with Crippen molar-refractivity contribution in [3.05, 3.63) is 58.9 Å². The second-order valence-electron chi connectivity index (χ2n) is 6.38. The maximum atomic E-state index is 12.2. The van der Waals surface area contributed by atoms with Crippen molar-refractivity contribution < 1.29 is 14.3 Å². The van der Waals surface area contributed by atoms with Crippen LogP contribution in [0.3, 0.4) is 0 Å². The summed E-state index contributed by atoms with van der Waals surface area (Å²) in [7, 11) is 1.63. The molecule has 0 saturated carbocycles. The molecule has 2 aromatic carbocycles. The van der Waals surface area contributed by atoms with Crippen molar-refractivity contribution in [2.24, 2.45) is 0 Å². The number of para-hydroxylation sites is 2. The van der Waals surface area contributed by atoms with Gasteiger partial charge in [0.05, 0.1) is 24.4 Å². The number of rotatable bonds is 8. The molecular formula is C21H19ClN4O3S. The van der Waals surface area contributed by atoms with Gasteiger partial charge in [0.15, 0.2) is 0 Å². The minimum atomic E-state index is -0.171. The number of aromatic nitrogens is 3. The van der Waals surface area contributed by atoms with Crippen molar-refractivity contribution in [1.82, 2.24) is 14.6 Å². The molecule has 0 spiro atoms. The molecule has 0 radical (unpaired) electrons. The van der Waals surface area contributed by atoms with Crippen molar-refractivity contribution in [3.8, 4) is 22.8 Å². The van der Waals surface area contributed by atoms with E-state index in [1.807, 2.05) is 41.8 Å². The highest BCUT2D eigenvalue weighted by atomic mass is 35.5. The summed E-state index contributed by atoms with van der Waals surface area (Å²) in [5.74, 6) is 1.46. The number of methoxy groups -OCH3 is 1. The summed E-state index contributed by atoms with van der Waals surface area (Å²) >= 11 is 7.49. The van der Waals surface area contributed by atoms with Crippen molar-refractivity contribution in [2.45, 2.75) is 12.8 Å². The zero-order chi connectivity index (χ0) is 20.9. The molecule has 0 aliphatic rings. The average Bonchev–Trinajstić information content (AvgIpc) is 3.32. The number of fused-ring (bicyclic) bond motifs is 1. The van der Waals surface area contributed by atoms with Crippen molar-refractivity contribution >= 4 is 39.8 Å². The van der Waals surface area contributed by atoms with Gasteiger partial charge < -0.3 is 9.47 Å². The van der Waals surface area contributed by atoms with Gasteiger partial charge in [-0.25, -0.2) is 4.52 Å². The van der Waals surface area contributed by atoms with Crippen LogP contribution in [-0.2, 0) is 4.79 Å². The van der Waals surface area contributed by atoms with Crippen LogP contribution < -0.4 is 14.8 Å². The van der Waals surface area contributed by atoms with Crippen LogP contribution in [-0.4, -0.2) is 34.2 Å². The average molecular weight is 443 g/mol. The number of hydrogen-bond donors (Lipinski definition) is 1.